The van der Waals surface area contributed by atoms with Crippen LogP contribution in [0.15, 0.2) is 18.2 Å². The molecular formula is C15H21N3O3. The summed E-state index contributed by atoms with van der Waals surface area (Å²) in [6, 6.07) is 5.03. The van der Waals surface area contributed by atoms with E-state index >= 15 is 0 Å². The lowest BCUT2D eigenvalue weighted by Gasteiger charge is -2.25. The van der Waals surface area contributed by atoms with Crippen LogP contribution in [0.3, 0.4) is 0 Å². The average Bonchev–Trinajstić information content (AvgIpc) is 2.96. The van der Waals surface area contributed by atoms with Gasteiger partial charge in [-0.15, -0.1) is 0 Å². The molecule has 1 atom stereocenters. The molecule has 1 unspecified atom stereocenters. The van der Waals surface area contributed by atoms with Crippen LogP contribution in [0, 0.1) is 17.0 Å². The maximum atomic E-state index is 12.7. The largest absolute Gasteiger partial charge is 0.337 e. The smallest absolute Gasteiger partial charge is 0.282 e. The third-order valence-electron chi connectivity index (χ3n) is 3.93. The zero-order valence-electron chi connectivity index (χ0n) is 12.5. The lowest BCUT2D eigenvalue weighted by Crippen LogP contribution is -2.41. The number of hydrogen-bond acceptors (Lipinski definition) is 4. The third-order valence-corrected chi connectivity index (χ3v) is 3.93. The summed E-state index contributed by atoms with van der Waals surface area (Å²) in [5.74, 6) is -0.254. The molecule has 0 radical (unpaired) electrons. The van der Waals surface area contributed by atoms with Gasteiger partial charge in [0.25, 0.3) is 11.6 Å². The van der Waals surface area contributed by atoms with E-state index in [1.54, 1.807) is 24.0 Å². The minimum Gasteiger partial charge on any atom is -0.337 e. The number of amides is 1. The molecule has 1 saturated heterocycles. The normalized spacial score (nSPS) is 17.7. The van der Waals surface area contributed by atoms with Crippen molar-refractivity contribution in [2.45, 2.75) is 32.7 Å². The first kappa shape index (κ1) is 15.4. The molecule has 1 amide bonds. The molecule has 2 rings (SSSR count). The van der Waals surface area contributed by atoms with Gasteiger partial charge in [0.15, 0.2) is 0 Å². The van der Waals surface area contributed by atoms with Gasteiger partial charge in [0.05, 0.1) is 4.92 Å². The minimum absolute atomic E-state index is 0.113. The van der Waals surface area contributed by atoms with E-state index in [0.717, 1.165) is 19.4 Å². The lowest BCUT2D eigenvalue weighted by molar-refractivity contribution is -0.385. The predicted molar refractivity (Wildman–Crippen MR) is 80.4 cm³/mol. The number of benzene rings is 1. The Morgan fingerprint density at radius 1 is 1.52 bits per heavy atom. The zero-order valence-corrected chi connectivity index (χ0v) is 12.5. The molecule has 1 aliphatic rings. The van der Waals surface area contributed by atoms with Gasteiger partial charge < -0.3 is 10.2 Å². The maximum absolute atomic E-state index is 12.7. The molecule has 1 aromatic carbocycles. The lowest BCUT2D eigenvalue weighted by atomic mass is 10.0. The van der Waals surface area contributed by atoms with Gasteiger partial charge in [-0.05, 0) is 38.8 Å². The molecular weight excluding hydrogens is 270 g/mol. The number of nitro groups is 1. The number of nitrogens with one attached hydrogen (secondary N) is 1. The summed E-state index contributed by atoms with van der Waals surface area (Å²) >= 11 is 0. The fourth-order valence-corrected chi connectivity index (χ4v) is 2.77. The SMILES string of the molecule is CCN(CC1CCCN1)C(=O)c1c(C)cccc1[N+](=O)[O-]. The fraction of sp³-hybridized carbons (Fsp3) is 0.533. The Balaban J connectivity index is 2.26. The summed E-state index contributed by atoms with van der Waals surface area (Å²) in [6.45, 7) is 5.75. The third kappa shape index (κ3) is 3.39. The van der Waals surface area contributed by atoms with Crippen LogP contribution in [0.4, 0.5) is 5.69 Å². The highest BCUT2D eigenvalue weighted by atomic mass is 16.6. The molecule has 1 N–H and O–H groups in total. The first-order valence-electron chi connectivity index (χ1n) is 7.31. The Labute approximate surface area is 124 Å². The molecule has 0 bridgehead atoms. The van der Waals surface area contributed by atoms with Crippen molar-refractivity contribution in [1.29, 1.82) is 0 Å². The van der Waals surface area contributed by atoms with Crippen LogP contribution in [-0.2, 0) is 0 Å². The van der Waals surface area contributed by atoms with E-state index in [4.69, 9.17) is 0 Å². The van der Waals surface area contributed by atoms with E-state index in [1.807, 2.05) is 6.92 Å². The van der Waals surface area contributed by atoms with Crippen LogP contribution < -0.4 is 5.32 Å². The van der Waals surface area contributed by atoms with Crippen LogP contribution in [0.25, 0.3) is 0 Å². The number of carbonyl (C=O) groups is 1. The highest BCUT2D eigenvalue weighted by Gasteiger charge is 2.27. The van der Waals surface area contributed by atoms with Gasteiger partial charge in [-0.2, -0.15) is 0 Å². The standard InChI is InChI=1S/C15H21N3O3/c1-3-17(10-12-7-5-9-16-12)15(19)14-11(2)6-4-8-13(14)18(20)21/h4,6,8,12,16H,3,5,7,9-10H2,1-2H3. The number of aryl methyl sites for hydroxylation is 1. The molecule has 0 aliphatic carbocycles. The first-order chi connectivity index (χ1) is 10.0. The van der Waals surface area contributed by atoms with Crippen LogP contribution >= 0.6 is 0 Å². The van der Waals surface area contributed by atoms with Crippen molar-refractivity contribution < 1.29 is 9.72 Å². The van der Waals surface area contributed by atoms with Crippen LogP contribution in [0.1, 0.15) is 35.7 Å². The number of nitrogens with zero attached hydrogens (tertiary/aromatic N) is 2. The van der Waals surface area contributed by atoms with E-state index < -0.39 is 4.92 Å². The molecule has 6 heteroatoms. The summed E-state index contributed by atoms with van der Waals surface area (Å²) in [6.07, 6.45) is 2.15. The van der Waals surface area contributed by atoms with Crippen molar-refractivity contribution in [3.8, 4) is 0 Å². The molecule has 1 aromatic rings. The number of rotatable bonds is 5. The molecule has 21 heavy (non-hydrogen) atoms. The van der Waals surface area contributed by atoms with Gasteiger partial charge in [0.2, 0.25) is 0 Å². The summed E-state index contributed by atoms with van der Waals surface area (Å²) in [4.78, 5) is 25.1. The quantitative estimate of drug-likeness (QED) is 0.666. The first-order valence-corrected chi connectivity index (χ1v) is 7.31. The number of hydrogen-bond donors (Lipinski definition) is 1. The molecule has 1 fully saturated rings. The number of nitro benzene ring substituents is 1. The minimum atomic E-state index is -0.484. The van der Waals surface area contributed by atoms with Gasteiger partial charge in [0, 0.05) is 25.2 Å². The monoisotopic (exact) mass is 291 g/mol. The van der Waals surface area contributed by atoms with Gasteiger partial charge >= 0.3 is 0 Å². The molecule has 1 heterocycles. The highest BCUT2D eigenvalue weighted by molar-refractivity contribution is 5.99. The van der Waals surface area contributed by atoms with E-state index in [1.165, 1.54) is 6.07 Å². The van der Waals surface area contributed by atoms with Crippen molar-refractivity contribution in [3.63, 3.8) is 0 Å². The van der Waals surface area contributed by atoms with Gasteiger partial charge in [-0.25, -0.2) is 0 Å². The van der Waals surface area contributed by atoms with E-state index in [2.05, 4.69) is 5.32 Å². The highest BCUT2D eigenvalue weighted by Crippen LogP contribution is 2.24. The summed E-state index contributed by atoms with van der Waals surface area (Å²) < 4.78 is 0. The second-order valence-corrected chi connectivity index (χ2v) is 5.36. The maximum Gasteiger partial charge on any atom is 0.282 e. The molecule has 0 aromatic heterocycles. The van der Waals surface area contributed by atoms with Crippen molar-refractivity contribution in [2.75, 3.05) is 19.6 Å². The molecule has 0 spiro atoms. The number of carbonyl (C=O) groups excluding carboxylic acids is 1. The zero-order chi connectivity index (χ0) is 15.4. The van der Waals surface area contributed by atoms with Gasteiger partial charge in [-0.1, -0.05) is 12.1 Å². The summed E-state index contributed by atoms with van der Waals surface area (Å²) in [5, 5.41) is 14.5. The molecule has 0 saturated carbocycles. The van der Waals surface area contributed by atoms with Crippen molar-refractivity contribution in [1.82, 2.24) is 10.2 Å². The van der Waals surface area contributed by atoms with E-state index in [0.29, 0.717) is 18.7 Å². The van der Waals surface area contributed by atoms with E-state index in [9.17, 15) is 14.9 Å². The van der Waals surface area contributed by atoms with E-state index in [-0.39, 0.29) is 23.2 Å². The molecule has 1 aliphatic heterocycles. The van der Waals surface area contributed by atoms with Crippen LogP contribution in [-0.4, -0.2) is 41.4 Å². The average molecular weight is 291 g/mol. The van der Waals surface area contributed by atoms with Crippen molar-refractivity contribution in [2.24, 2.45) is 0 Å². The second kappa shape index (κ2) is 6.67. The summed E-state index contributed by atoms with van der Waals surface area (Å²) in [5.41, 5.74) is 0.743. The van der Waals surface area contributed by atoms with Gasteiger partial charge in [-0.3, -0.25) is 14.9 Å². The summed E-state index contributed by atoms with van der Waals surface area (Å²) in [7, 11) is 0. The van der Waals surface area contributed by atoms with Gasteiger partial charge in [0.1, 0.15) is 5.56 Å². The fourth-order valence-electron chi connectivity index (χ4n) is 2.77. The van der Waals surface area contributed by atoms with Crippen molar-refractivity contribution >= 4 is 11.6 Å². The molecule has 6 nitrogen and oxygen atoms in total. The number of likely N-dealkylation sites (N-methyl/N-ethyl adjacent to an activating group) is 1. The van der Waals surface area contributed by atoms with Crippen LogP contribution in [0.5, 0.6) is 0 Å². The van der Waals surface area contributed by atoms with Crippen LogP contribution in [0.2, 0.25) is 0 Å². The molecule has 114 valence electrons. The Morgan fingerprint density at radius 2 is 2.29 bits per heavy atom. The van der Waals surface area contributed by atoms with Crippen molar-refractivity contribution in [3.05, 3.63) is 39.4 Å². The Hall–Kier alpha value is -1.95. The Kier molecular flexibility index (Phi) is 4.90. The Morgan fingerprint density at radius 3 is 2.86 bits per heavy atom. The topological polar surface area (TPSA) is 75.5 Å². The second-order valence-electron chi connectivity index (χ2n) is 5.36. The predicted octanol–water partition coefficient (Wildman–Crippen LogP) is 2.12. The Bertz CT molecular complexity index is 539.